The fourth-order valence-corrected chi connectivity index (χ4v) is 3.15. The number of nitrogens with one attached hydrogen (secondary N) is 2. The molecule has 0 bridgehead atoms. The molecule has 0 saturated heterocycles. The minimum absolute atomic E-state index is 0.249. The van der Waals surface area contributed by atoms with Crippen molar-refractivity contribution < 1.29 is 32.6 Å². The zero-order valence-corrected chi connectivity index (χ0v) is 16.8. The minimum atomic E-state index is -4.56. The molecule has 0 aliphatic heterocycles. The lowest BCUT2D eigenvalue weighted by atomic mass is 9.90. The van der Waals surface area contributed by atoms with Crippen LogP contribution >= 0.6 is 0 Å². The summed E-state index contributed by atoms with van der Waals surface area (Å²) in [5.74, 6) is -0.661. The molecule has 2 amide bonds. The predicted molar refractivity (Wildman–Crippen MR) is 105 cm³/mol. The van der Waals surface area contributed by atoms with Crippen molar-refractivity contribution >= 4 is 12.0 Å². The molecule has 0 saturated carbocycles. The highest BCUT2D eigenvalue weighted by Gasteiger charge is 2.32. The number of ether oxygens (including phenoxy) is 1. The van der Waals surface area contributed by atoms with Gasteiger partial charge in [0.25, 0.3) is 0 Å². The van der Waals surface area contributed by atoms with Crippen LogP contribution in [0.5, 0.6) is 5.75 Å². The SMILES string of the molecule is CCC(NC(=O)NC)c1cc(C(F)(F)F)ccc1-c1cc(CC(=O)O)ccc1OC. The first-order valence-electron chi connectivity index (χ1n) is 9.19. The third-order valence-corrected chi connectivity index (χ3v) is 4.60. The summed E-state index contributed by atoms with van der Waals surface area (Å²) in [6.07, 6.45) is -4.48. The van der Waals surface area contributed by atoms with Crippen LogP contribution < -0.4 is 15.4 Å². The van der Waals surface area contributed by atoms with Crippen molar-refractivity contribution in [1.29, 1.82) is 0 Å². The van der Waals surface area contributed by atoms with Gasteiger partial charge in [0, 0.05) is 12.6 Å². The molecule has 2 aromatic carbocycles. The molecule has 30 heavy (non-hydrogen) atoms. The Morgan fingerprint density at radius 3 is 2.37 bits per heavy atom. The van der Waals surface area contributed by atoms with E-state index in [1.54, 1.807) is 25.1 Å². The van der Waals surface area contributed by atoms with E-state index in [-0.39, 0.29) is 12.0 Å². The highest BCUT2D eigenvalue weighted by atomic mass is 19.4. The summed E-state index contributed by atoms with van der Waals surface area (Å²) in [5.41, 5.74) is 0.727. The van der Waals surface area contributed by atoms with Gasteiger partial charge < -0.3 is 20.5 Å². The first-order valence-corrected chi connectivity index (χ1v) is 9.19. The number of carboxylic acids is 1. The minimum Gasteiger partial charge on any atom is -0.496 e. The number of aliphatic carboxylic acids is 1. The number of hydrogen-bond acceptors (Lipinski definition) is 3. The summed E-state index contributed by atoms with van der Waals surface area (Å²) in [6.45, 7) is 1.74. The molecule has 3 N–H and O–H groups in total. The average molecular weight is 424 g/mol. The topological polar surface area (TPSA) is 87.7 Å². The molecule has 2 rings (SSSR count). The van der Waals surface area contributed by atoms with Crippen molar-refractivity contribution in [2.24, 2.45) is 0 Å². The normalized spacial score (nSPS) is 12.2. The molecular weight excluding hydrogens is 401 g/mol. The molecule has 1 unspecified atom stereocenters. The smallest absolute Gasteiger partial charge is 0.416 e. The first-order chi connectivity index (χ1) is 14.1. The zero-order chi connectivity index (χ0) is 22.5. The van der Waals surface area contributed by atoms with Crippen LogP contribution in [-0.4, -0.2) is 31.3 Å². The molecule has 0 heterocycles. The summed E-state index contributed by atoms with van der Waals surface area (Å²) in [4.78, 5) is 22.9. The van der Waals surface area contributed by atoms with E-state index in [1.807, 2.05) is 0 Å². The van der Waals surface area contributed by atoms with Crippen LogP contribution in [-0.2, 0) is 17.4 Å². The number of amides is 2. The number of carboxylic acid groups (broad SMARTS) is 1. The molecule has 0 spiro atoms. The molecule has 9 heteroatoms. The van der Waals surface area contributed by atoms with Crippen LogP contribution in [0, 0.1) is 0 Å². The van der Waals surface area contributed by atoms with Crippen LogP contribution in [0.15, 0.2) is 36.4 Å². The second-order valence-electron chi connectivity index (χ2n) is 6.59. The van der Waals surface area contributed by atoms with Gasteiger partial charge >= 0.3 is 18.2 Å². The lowest BCUT2D eigenvalue weighted by Crippen LogP contribution is -2.35. The Morgan fingerprint density at radius 2 is 1.83 bits per heavy atom. The number of hydrogen-bond donors (Lipinski definition) is 3. The number of alkyl halides is 3. The van der Waals surface area contributed by atoms with E-state index in [1.165, 1.54) is 20.2 Å². The van der Waals surface area contributed by atoms with E-state index in [0.717, 1.165) is 12.1 Å². The quantitative estimate of drug-likeness (QED) is 0.615. The fourth-order valence-electron chi connectivity index (χ4n) is 3.15. The molecule has 162 valence electrons. The van der Waals surface area contributed by atoms with E-state index in [0.29, 0.717) is 28.9 Å². The average Bonchev–Trinajstić information content (AvgIpc) is 2.70. The summed E-state index contributed by atoms with van der Waals surface area (Å²) in [5, 5.41) is 14.1. The van der Waals surface area contributed by atoms with Crippen molar-refractivity contribution in [3.8, 4) is 16.9 Å². The lowest BCUT2D eigenvalue weighted by molar-refractivity contribution is -0.138. The largest absolute Gasteiger partial charge is 0.496 e. The Kier molecular flexibility index (Phi) is 7.31. The number of urea groups is 1. The second kappa shape index (κ2) is 9.51. The van der Waals surface area contributed by atoms with Gasteiger partial charge in [-0.25, -0.2) is 4.79 Å². The summed E-state index contributed by atoms with van der Waals surface area (Å²) in [6, 6.07) is 6.76. The first kappa shape index (κ1) is 23.1. The zero-order valence-electron chi connectivity index (χ0n) is 16.8. The third kappa shape index (κ3) is 5.43. The van der Waals surface area contributed by atoms with Crippen molar-refractivity contribution in [2.75, 3.05) is 14.2 Å². The van der Waals surface area contributed by atoms with Crippen molar-refractivity contribution in [1.82, 2.24) is 10.6 Å². The standard InChI is InChI=1S/C21H23F3N2O4/c1-4-17(26-20(29)25-2)15-11-13(21(22,23)24)6-7-14(15)16-9-12(10-19(27)28)5-8-18(16)30-3/h5-9,11,17H,4,10H2,1-3H3,(H,27,28)(H2,25,26,29). The maximum Gasteiger partial charge on any atom is 0.416 e. The van der Waals surface area contributed by atoms with E-state index in [4.69, 9.17) is 9.84 Å². The van der Waals surface area contributed by atoms with Crippen molar-refractivity contribution in [2.45, 2.75) is 32.0 Å². The van der Waals surface area contributed by atoms with Gasteiger partial charge in [-0.2, -0.15) is 13.2 Å². The lowest BCUT2D eigenvalue weighted by Gasteiger charge is -2.23. The van der Waals surface area contributed by atoms with Gasteiger partial charge in [0.05, 0.1) is 25.1 Å². The Labute approximate surface area is 172 Å². The van der Waals surface area contributed by atoms with Crippen LogP contribution in [0.25, 0.3) is 11.1 Å². The summed E-state index contributed by atoms with van der Waals surface area (Å²) in [7, 11) is 2.83. The van der Waals surface area contributed by atoms with Crippen molar-refractivity contribution in [3.63, 3.8) is 0 Å². The van der Waals surface area contributed by atoms with Gasteiger partial charge in [-0.15, -0.1) is 0 Å². The van der Waals surface area contributed by atoms with E-state index < -0.39 is 29.8 Å². The second-order valence-corrected chi connectivity index (χ2v) is 6.59. The maximum absolute atomic E-state index is 13.4. The Morgan fingerprint density at radius 1 is 1.13 bits per heavy atom. The third-order valence-electron chi connectivity index (χ3n) is 4.60. The highest BCUT2D eigenvalue weighted by molar-refractivity contribution is 5.79. The van der Waals surface area contributed by atoms with Gasteiger partial charge in [-0.1, -0.05) is 19.1 Å². The number of halogens is 3. The van der Waals surface area contributed by atoms with Gasteiger partial charge in [0.1, 0.15) is 5.75 Å². The molecule has 0 aliphatic carbocycles. The maximum atomic E-state index is 13.4. The van der Waals surface area contributed by atoms with Crippen LogP contribution in [0.4, 0.5) is 18.0 Å². The fraction of sp³-hybridized carbons (Fsp3) is 0.333. The summed E-state index contributed by atoms with van der Waals surface area (Å²) < 4.78 is 45.4. The van der Waals surface area contributed by atoms with Crippen LogP contribution in [0.3, 0.4) is 0 Å². The highest BCUT2D eigenvalue weighted by Crippen LogP contribution is 2.40. The number of carbonyl (C=O) groups excluding carboxylic acids is 1. The number of methoxy groups -OCH3 is 1. The monoisotopic (exact) mass is 424 g/mol. The summed E-state index contributed by atoms with van der Waals surface area (Å²) >= 11 is 0. The van der Waals surface area contributed by atoms with Gasteiger partial charge in [0.2, 0.25) is 0 Å². The molecule has 6 nitrogen and oxygen atoms in total. The molecule has 1 atom stereocenters. The van der Waals surface area contributed by atoms with Gasteiger partial charge in [-0.3, -0.25) is 4.79 Å². The van der Waals surface area contributed by atoms with E-state index >= 15 is 0 Å². The number of benzene rings is 2. The molecule has 0 fully saturated rings. The molecule has 2 aromatic rings. The van der Waals surface area contributed by atoms with Gasteiger partial charge in [0.15, 0.2) is 0 Å². The van der Waals surface area contributed by atoms with Crippen LogP contribution in [0.1, 0.15) is 36.1 Å². The molecule has 0 aliphatic rings. The van der Waals surface area contributed by atoms with Gasteiger partial charge in [-0.05, 0) is 47.4 Å². The Balaban J connectivity index is 2.72. The molecular formula is C21H23F3N2O4. The molecule has 0 aromatic heterocycles. The number of carbonyl (C=O) groups is 2. The Hall–Kier alpha value is -3.23. The van der Waals surface area contributed by atoms with E-state index in [9.17, 15) is 22.8 Å². The van der Waals surface area contributed by atoms with Crippen molar-refractivity contribution in [3.05, 3.63) is 53.1 Å². The predicted octanol–water partition coefficient (Wildman–Crippen LogP) is 4.39. The molecule has 0 radical (unpaired) electrons. The number of rotatable bonds is 7. The Bertz CT molecular complexity index is 929. The van der Waals surface area contributed by atoms with E-state index in [2.05, 4.69) is 10.6 Å². The van der Waals surface area contributed by atoms with Crippen LogP contribution in [0.2, 0.25) is 0 Å².